The molecule has 0 fully saturated rings. The van der Waals surface area contributed by atoms with Gasteiger partial charge in [0.25, 0.3) is 0 Å². The minimum Gasteiger partial charge on any atom is -0.262 e. The summed E-state index contributed by atoms with van der Waals surface area (Å²) in [6, 6.07) is 1.53. The molecule has 0 spiro atoms. The van der Waals surface area contributed by atoms with Crippen LogP contribution in [0.1, 0.15) is 19.8 Å². The Balaban J connectivity index is 2.69. The summed E-state index contributed by atoms with van der Waals surface area (Å²) in [5, 5.41) is 0. The Kier molecular flexibility index (Phi) is 6.05. The quantitative estimate of drug-likeness (QED) is 0.765. The number of hydrogen-bond acceptors (Lipinski definition) is 3. The van der Waals surface area contributed by atoms with Gasteiger partial charge in [-0.2, -0.15) is 0 Å². The zero-order valence-electron chi connectivity index (χ0n) is 9.36. The van der Waals surface area contributed by atoms with Gasteiger partial charge in [-0.05, 0) is 28.4 Å². The minimum absolute atomic E-state index is 0.155. The van der Waals surface area contributed by atoms with Crippen molar-refractivity contribution < 1.29 is 8.42 Å². The van der Waals surface area contributed by atoms with Crippen LogP contribution in [-0.4, -0.2) is 24.8 Å². The summed E-state index contributed by atoms with van der Waals surface area (Å²) in [6.07, 6.45) is 4.81. The summed E-state index contributed by atoms with van der Waals surface area (Å²) in [7, 11) is -3.47. The summed E-state index contributed by atoms with van der Waals surface area (Å²) in [4.78, 5) is 4.16. The van der Waals surface area contributed by atoms with E-state index in [9.17, 15) is 8.42 Å². The van der Waals surface area contributed by atoms with Crippen LogP contribution in [0.5, 0.6) is 0 Å². The largest absolute Gasteiger partial charge is 0.262 e. The Morgan fingerprint density at radius 2 is 2.18 bits per heavy atom. The van der Waals surface area contributed by atoms with Crippen LogP contribution < -0.4 is 4.72 Å². The molecule has 0 amide bonds. The predicted molar refractivity (Wildman–Crippen MR) is 74.7 cm³/mol. The van der Waals surface area contributed by atoms with Gasteiger partial charge in [0.15, 0.2) is 0 Å². The van der Waals surface area contributed by atoms with Crippen molar-refractivity contribution in [3.8, 4) is 0 Å². The first-order chi connectivity index (χ1) is 7.95. The van der Waals surface area contributed by atoms with Crippen LogP contribution in [0.2, 0.25) is 0 Å². The van der Waals surface area contributed by atoms with Gasteiger partial charge in [-0.3, -0.25) is 4.98 Å². The molecule has 0 bridgehead atoms. The average molecular weight is 386 g/mol. The summed E-state index contributed by atoms with van der Waals surface area (Å²) in [6.45, 7) is 2.43. The Labute approximate surface area is 119 Å². The van der Waals surface area contributed by atoms with E-state index in [2.05, 4.69) is 48.5 Å². The Morgan fingerprint density at radius 3 is 2.76 bits per heavy atom. The van der Waals surface area contributed by atoms with Gasteiger partial charge in [-0.1, -0.05) is 29.3 Å². The summed E-state index contributed by atoms with van der Waals surface area (Å²) in [5.74, 6) is 0. The van der Waals surface area contributed by atoms with E-state index in [4.69, 9.17) is 0 Å². The monoisotopic (exact) mass is 384 g/mol. The Morgan fingerprint density at radius 1 is 1.47 bits per heavy atom. The van der Waals surface area contributed by atoms with E-state index in [0.29, 0.717) is 11.0 Å². The number of sulfonamides is 1. The number of hydrogen-bond donors (Lipinski definition) is 1. The molecule has 0 aliphatic rings. The SMILES string of the molecule is CCCC(Br)CNS(=O)(=O)c1cncc(Br)c1. The van der Waals surface area contributed by atoms with E-state index >= 15 is 0 Å². The summed E-state index contributed by atoms with van der Waals surface area (Å²) >= 11 is 6.62. The summed E-state index contributed by atoms with van der Waals surface area (Å²) < 4.78 is 27.0. The van der Waals surface area contributed by atoms with Gasteiger partial charge in [0, 0.05) is 28.2 Å². The number of aromatic nitrogens is 1. The molecule has 1 rings (SSSR count). The molecule has 1 atom stereocenters. The lowest BCUT2D eigenvalue weighted by Gasteiger charge is -2.10. The molecule has 0 radical (unpaired) electrons. The third kappa shape index (κ3) is 5.03. The van der Waals surface area contributed by atoms with Crippen LogP contribution in [0.3, 0.4) is 0 Å². The zero-order chi connectivity index (χ0) is 12.9. The van der Waals surface area contributed by atoms with Gasteiger partial charge in [-0.25, -0.2) is 13.1 Å². The highest BCUT2D eigenvalue weighted by Gasteiger charge is 2.16. The highest BCUT2D eigenvalue weighted by atomic mass is 79.9. The van der Waals surface area contributed by atoms with Crippen LogP contribution in [-0.2, 0) is 10.0 Å². The Bertz CT molecular complexity index is 465. The lowest BCUT2D eigenvalue weighted by atomic mass is 10.2. The van der Waals surface area contributed by atoms with Gasteiger partial charge in [0.2, 0.25) is 10.0 Å². The van der Waals surface area contributed by atoms with Crippen molar-refractivity contribution in [3.05, 3.63) is 22.9 Å². The summed E-state index contributed by atoms with van der Waals surface area (Å²) in [5.41, 5.74) is 0. The first-order valence-corrected chi connectivity index (χ1v) is 8.39. The molecule has 17 heavy (non-hydrogen) atoms. The third-order valence-electron chi connectivity index (χ3n) is 2.09. The van der Waals surface area contributed by atoms with Crippen LogP contribution >= 0.6 is 31.9 Å². The lowest BCUT2D eigenvalue weighted by molar-refractivity contribution is 0.577. The molecule has 96 valence electrons. The number of nitrogens with zero attached hydrogens (tertiary/aromatic N) is 1. The van der Waals surface area contributed by atoms with Crippen LogP contribution in [0.15, 0.2) is 27.8 Å². The van der Waals surface area contributed by atoms with Crippen molar-refractivity contribution in [2.24, 2.45) is 0 Å². The maximum Gasteiger partial charge on any atom is 0.242 e. The fraction of sp³-hybridized carbons (Fsp3) is 0.500. The van der Waals surface area contributed by atoms with Gasteiger partial charge in [-0.15, -0.1) is 0 Å². The second kappa shape index (κ2) is 6.82. The number of pyridine rings is 1. The van der Waals surface area contributed by atoms with Crippen molar-refractivity contribution in [3.63, 3.8) is 0 Å². The van der Waals surface area contributed by atoms with Crippen molar-refractivity contribution in [1.82, 2.24) is 9.71 Å². The number of rotatable bonds is 6. The number of nitrogens with one attached hydrogen (secondary N) is 1. The van der Waals surface area contributed by atoms with Crippen LogP contribution in [0, 0.1) is 0 Å². The molecule has 0 aliphatic carbocycles. The van der Waals surface area contributed by atoms with Gasteiger partial charge in [0.05, 0.1) is 0 Å². The molecule has 0 aliphatic heterocycles. The molecule has 0 aromatic carbocycles. The van der Waals surface area contributed by atoms with Crippen molar-refractivity contribution in [2.45, 2.75) is 29.5 Å². The molecular formula is C10H14Br2N2O2S. The van der Waals surface area contributed by atoms with Crippen LogP contribution in [0.4, 0.5) is 0 Å². The number of halogens is 2. The van der Waals surface area contributed by atoms with Crippen molar-refractivity contribution in [1.29, 1.82) is 0 Å². The standard InChI is InChI=1S/C10H14Br2N2O2S/c1-2-3-8(11)6-14-17(15,16)10-4-9(12)5-13-7-10/h4-5,7-8,14H,2-3,6H2,1H3. The molecule has 0 saturated heterocycles. The molecular weight excluding hydrogens is 372 g/mol. The second-order valence-electron chi connectivity index (χ2n) is 3.58. The third-order valence-corrected chi connectivity index (χ3v) is 4.69. The Hall–Kier alpha value is 0.0200. The molecule has 0 saturated carbocycles. The molecule has 1 N–H and O–H groups in total. The van der Waals surface area contributed by atoms with E-state index in [1.807, 2.05) is 0 Å². The van der Waals surface area contributed by atoms with Crippen LogP contribution in [0.25, 0.3) is 0 Å². The van der Waals surface area contributed by atoms with E-state index < -0.39 is 10.0 Å². The highest BCUT2D eigenvalue weighted by Crippen LogP contribution is 2.14. The van der Waals surface area contributed by atoms with E-state index in [1.54, 1.807) is 6.20 Å². The fourth-order valence-electron chi connectivity index (χ4n) is 1.24. The maximum absolute atomic E-state index is 11.9. The fourth-order valence-corrected chi connectivity index (χ4v) is 3.66. The molecule has 1 aromatic rings. The average Bonchev–Trinajstić information content (AvgIpc) is 2.27. The smallest absolute Gasteiger partial charge is 0.242 e. The molecule has 1 heterocycles. The topological polar surface area (TPSA) is 59.1 Å². The lowest BCUT2D eigenvalue weighted by Crippen LogP contribution is -2.29. The van der Waals surface area contributed by atoms with Gasteiger partial charge >= 0.3 is 0 Å². The molecule has 1 unspecified atom stereocenters. The molecule has 1 aromatic heterocycles. The first-order valence-electron chi connectivity index (χ1n) is 5.20. The van der Waals surface area contributed by atoms with E-state index in [0.717, 1.165) is 12.8 Å². The van der Waals surface area contributed by atoms with Gasteiger partial charge < -0.3 is 0 Å². The number of alkyl halides is 1. The first kappa shape index (κ1) is 15.1. The normalized spacial score (nSPS) is 13.6. The zero-order valence-corrected chi connectivity index (χ0v) is 13.3. The van der Waals surface area contributed by atoms with E-state index in [-0.39, 0.29) is 9.72 Å². The van der Waals surface area contributed by atoms with Crippen molar-refractivity contribution in [2.75, 3.05) is 6.54 Å². The van der Waals surface area contributed by atoms with E-state index in [1.165, 1.54) is 12.3 Å². The maximum atomic E-state index is 11.9. The van der Waals surface area contributed by atoms with Crippen molar-refractivity contribution >= 4 is 41.9 Å². The van der Waals surface area contributed by atoms with Gasteiger partial charge in [0.1, 0.15) is 4.90 Å². The molecule has 4 nitrogen and oxygen atoms in total. The second-order valence-corrected chi connectivity index (χ2v) is 7.55. The molecule has 7 heteroatoms. The minimum atomic E-state index is -3.47. The predicted octanol–water partition coefficient (Wildman–Crippen LogP) is 2.69. The highest BCUT2D eigenvalue weighted by molar-refractivity contribution is 9.10.